The predicted molar refractivity (Wildman–Crippen MR) is 86.5 cm³/mol. The topological polar surface area (TPSA) is 12.0 Å². The van der Waals surface area contributed by atoms with Crippen molar-refractivity contribution in [1.29, 1.82) is 0 Å². The molecule has 0 saturated heterocycles. The van der Waals surface area contributed by atoms with Gasteiger partial charge in [-0.05, 0) is 61.8 Å². The van der Waals surface area contributed by atoms with E-state index in [-0.39, 0.29) is 0 Å². The van der Waals surface area contributed by atoms with Crippen LogP contribution in [-0.2, 0) is 0 Å². The second-order valence-electron chi connectivity index (χ2n) is 8.06. The first kappa shape index (κ1) is 17.0. The molecule has 0 atom stereocenters. The molecule has 1 aliphatic rings. The molecule has 0 aromatic carbocycles. The fraction of sp³-hybridized carbons (Fsp3) is 1.00. The molecule has 1 N–H and O–H groups in total. The first-order valence-corrected chi connectivity index (χ1v) is 8.51. The Morgan fingerprint density at radius 1 is 1.11 bits per heavy atom. The van der Waals surface area contributed by atoms with Crippen molar-refractivity contribution in [2.45, 2.75) is 79.6 Å². The molecule has 1 saturated carbocycles. The lowest BCUT2D eigenvalue weighted by atomic mass is 9.61. The molecular weight excluding hydrogens is 230 g/mol. The summed E-state index contributed by atoms with van der Waals surface area (Å²) < 4.78 is 0. The van der Waals surface area contributed by atoms with Crippen LogP contribution in [0.4, 0.5) is 0 Å². The summed E-state index contributed by atoms with van der Waals surface area (Å²) in [5.74, 6) is 1.86. The monoisotopic (exact) mass is 267 g/mol. The molecule has 1 aliphatic carbocycles. The van der Waals surface area contributed by atoms with E-state index in [0.29, 0.717) is 10.8 Å². The molecule has 0 aromatic heterocycles. The van der Waals surface area contributed by atoms with Gasteiger partial charge in [-0.1, -0.05) is 47.5 Å². The van der Waals surface area contributed by atoms with Crippen LogP contribution in [0.25, 0.3) is 0 Å². The van der Waals surface area contributed by atoms with Gasteiger partial charge in [0.15, 0.2) is 0 Å². The van der Waals surface area contributed by atoms with Crippen LogP contribution in [0, 0.1) is 22.7 Å². The summed E-state index contributed by atoms with van der Waals surface area (Å²) in [4.78, 5) is 0. The van der Waals surface area contributed by atoms with Gasteiger partial charge < -0.3 is 5.32 Å². The van der Waals surface area contributed by atoms with E-state index in [1.807, 2.05) is 0 Å². The van der Waals surface area contributed by atoms with Crippen molar-refractivity contribution in [1.82, 2.24) is 5.32 Å². The Labute approximate surface area is 121 Å². The molecule has 1 heteroatoms. The molecule has 114 valence electrons. The summed E-state index contributed by atoms with van der Waals surface area (Å²) in [6, 6.07) is 0. The molecule has 1 fully saturated rings. The fourth-order valence-electron chi connectivity index (χ4n) is 4.11. The van der Waals surface area contributed by atoms with Crippen LogP contribution in [0.15, 0.2) is 0 Å². The van der Waals surface area contributed by atoms with E-state index in [9.17, 15) is 0 Å². The highest BCUT2D eigenvalue weighted by atomic mass is 14.8. The van der Waals surface area contributed by atoms with E-state index in [0.717, 1.165) is 11.8 Å². The van der Waals surface area contributed by atoms with Crippen LogP contribution < -0.4 is 5.32 Å². The van der Waals surface area contributed by atoms with Crippen LogP contribution in [0.1, 0.15) is 79.6 Å². The number of rotatable bonds is 6. The van der Waals surface area contributed by atoms with E-state index in [1.54, 1.807) is 0 Å². The van der Waals surface area contributed by atoms with Crippen molar-refractivity contribution >= 4 is 0 Å². The Balaban J connectivity index is 2.65. The summed E-state index contributed by atoms with van der Waals surface area (Å²) in [7, 11) is 2.13. The molecule has 0 spiro atoms. The summed E-state index contributed by atoms with van der Waals surface area (Å²) >= 11 is 0. The highest BCUT2D eigenvalue weighted by molar-refractivity contribution is 4.91. The lowest BCUT2D eigenvalue weighted by Crippen LogP contribution is -2.40. The number of nitrogens with one attached hydrogen (secondary N) is 1. The summed E-state index contributed by atoms with van der Waals surface area (Å²) in [5, 5.41) is 3.49. The molecular formula is C18H37N. The molecule has 1 nitrogen and oxygen atoms in total. The van der Waals surface area contributed by atoms with Crippen molar-refractivity contribution in [3.63, 3.8) is 0 Å². The SMILES string of the molecule is CCC(CC)CC1(CNC)CCC(C(C)(C)C)CC1. The zero-order valence-electron chi connectivity index (χ0n) is 14.3. The zero-order chi connectivity index (χ0) is 14.5. The zero-order valence-corrected chi connectivity index (χ0v) is 14.3. The van der Waals surface area contributed by atoms with Crippen molar-refractivity contribution in [2.75, 3.05) is 13.6 Å². The summed E-state index contributed by atoms with van der Waals surface area (Å²) in [5.41, 5.74) is 1.09. The van der Waals surface area contributed by atoms with Crippen LogP contribution in [0.5, 0.6) is 0 Å². The molecule has 0 bridgehead atoms. The summed E-state index contributed by atoms with van der Waals surface area (Å²) in [6.45, 7) is 13.2. The third-order valence-electron chi connectivity index (χ3n) is 5.70. The maximum absolute atomic E-state index is 3.49. The minimum atomic E-state index is 0.501. The van der Waals surface area contributed by atoms with Crippen LogP contribution >= 0.6 is 0 Å². The standard InChI is InChI=1S/C18H37N/c1-7-15(8-2)13-18(14-19-6)11-9-16(10-12-18)17(3,4)5/h15-16,19H,7-14H2,1-6H3. The molecule has 0 radical (unpaired) electrons. The Bertz CT molecular complexity index is 239. The van der Waals surface area contributed by atoms with Gasteiger partial charge in [-0.15, -0.1) is 0 Å². The van der Waals surface area contributed by atoms with Gasteiger partial charge in [-0.2, -0.15) is 0 Å². The van der Waals surface area contributed by atoms with E-state index in [1.165, 1.54) is 51.5 Å². The lowest BCUT2D eigenvalue weighted by Gasteiger charge is -2.45. The Hall–Kier alpha value is -0.0400. The molecule has 0 aliphatic heterocycles. The average Bonchev–Trinajstić information content (AvgIpc) is 2.36. The molecule has 0 heterocycles. The van der Waals surface area contributed by atoms with Crippen molar-refractivity contribution < 1.29 is 0 Å². The van der Waals surface area contributed by atoms with Crippen LogP contribution in [0.2, 0.25) is 0 Å². The first-order valence-electron chi connectivity index (χ1n) is 8.51. The minimum absolute atomic E-state index is 0.501. The van der Waals surface area contributed by atoms with Gasteiger partial charge in [-0.25, -0.2) is 0 Å². The van der Waals surface area contributed by atoms with E-state index < -0.39 is 0 Å². The quantitative estimate of drug-likeness (QED) is 0.692. The van der Waals surface area contributed by atoms with Gasteiger partial charge >= 0.3 is 0 Å². The normalized spacial score (nSPS) is 28.9. The van der Waals surface area contributed by atoms with E-state index in [4.69, 9.17) is 0 Å². The molecule has 0 amide bonds. The van der Waals surface area contributed by atoms with Gasteiger partial charge in [0.1, 0.15) is 0 Å². The highest BCUT2D eigenvalue weighted by Crippen LogP contribution is 2.48. The second-order valence-corrected chi connectivity index (χ2v) is 8.06. The van der Waals surface area contributed by atoms with Crippen LogP contribution in [0.3, 0.4) is 0 Å². The second kappa shape index (κ2) is 7.11. The number of hydrogen-bond acceptors (Lipinski definition) is 1. The Kier molecular flexibility index (Phi) is 6.36. The third-order valence-corrected chi connectivity index (χ3v) is 5.70. The van der Waals surface area contributed by atoms with E-state index in [2.05, 4.69) is 47.0 Å². The van der Waals surface area contributed by atoms with Gasteiger partial charge in [0.2, 0.25) is 0 Å². The molecule has 19 heavy (non-hydrogen) atoms. The Morgan fingerprint density at radius 3 is 2.00 bits per heavy atom. The number of hydrogen-bond donors (Lipinski definition) is 1. The highest BCUT2D eigenvalue weighted by Gasteiger charge is 2.39. The first-order chi connectivity index (χ1) is 8.87. The average molecular weight is 268 g/mol. The van der Waals surface area contributed by atoms with Gasteiger partial charge in [0.05, 0.1) is 0 Å². The molecule has 1 rings (SSSR count). The Morgan fingerprint density at radius 2 is 1.63 bits per heavy atom. The lowest BCUT2D eigenvalue weighted by molar-refractivity contribution is 0.0664. The summed E-state index contributed by atoms with van der Waals surface area (Å²) in [6.07, 6.45) is 9.89. The minimum Gasteiger partial charge on any atom is -0.319 e. The van der Waals surface area contributed by atoms with Gasteiger partial charge in [0, 0.05) is 6.54 Å². The molecule has 0 aromatic rings. The van der Waals surface area contributed by atoms with Crippen molar-refractivity contribution in [3.05, 3.63) is 0 Å². The maximum atomic E-state index is 3.49. The van der Waals surface area contributed by atoms with Gasteiger partial charge in [-0.3, -0.25) is 0 Å². The fourth-order valence-corrected chi connectivity index (χ4v) is 4.11. The van der Waals surface area contributed by atoms with E-state index >= 15 is 0 Å². The smallest absolute Gasteiger partial charge is 0.000491 e. The predicted octanol–water partition coefficient (Wildman–Crippen LogP) is 5.25. The maximum Gasteiger partial charge on any atom is 0.000491 e. The third kappa shape index (κ3) is 4.77. The largest absolute Gasteiger partial charge is 0.319 e. The molecule has 0 unspecified atom stereocenters. The van der Waals surface area contributed by atoms with Crippen LogP contribution in [-0.4, -0.2) is 13.6 Å². The van der Waals surface area contributed by atoms with Crippen molar-refractivity contribution in [2.24, 2.45) is 22.7 Å². The van der Waals surface area contributed by atoms with Gasteiger partial charge in [0.25, 0.3) is 0 Å². The van der Waals surface area contributed by atoms with Crippen molar-refractivity contribution in [3.8, 4) is 0 Å².